The fraction of sp³-hybridized carbons (Fsp3) is 0.294. The van der Waals surface area contributed by atoms with Gasteiger partial charge in [-0.3, -0.25) is 4.79 Å². The van der Waals surface area contributed by atoms with Crippen molar-refractivity contribution < 1.29 is 9.90 Å². The van der Waals surface area contributed by atoms with Gasteiger partial charge < -0.3 is 10.4 Å². The lowest BCUT2D eigenvalue weighted by Crippen LogP contribution is -2.25. The summed E-state index contributed by atoms with van der Waals surface area (Å²) in [6, 6.07) is 9.83. The van der Waals surface area contributed by atoms with Crippen LogP contribution in [0, 0.1) is 0 Å². The summed E-state index contributed by atoms with van der Waals surface area (Å²) in [5, 5.41) is 16.8. The molecule has 2 N–H and O–H groups in total. The van der Waals surface area contributed by atoms with Crippen LogP contribution in [0.15, 0.2) is 41.1 Å². The number of para-hydroxylation sites is 1. The second-order valence-corrected chi connectivity index (χ2v) is 7.11. The first-order chi connectivity index (χ1) is 11.3. The van der Waals surface area contributed by atoms with Crippen LogP contribution in [0.25, 0.3) is 10.2 Å². The first-order valence-corrected chi connectivity index (χ1v) is 9.30. The lowest BCUT2D eigenvalue weighted by Gasteiger charge is -2.14. The monoisotopic (exact) mass is 346 g/mol. The van der Waals surface area contributed by atoms with E-state index >= 15 is 0 Å². The molecule has 1 aromatic carbocycles. The van der Waals surface area contributed by atoms with E-state index in [9.17, 15) is 9.90 Å². The van der Waals surface area contributed by atoms with E-state index in [1.807, 2.05) is 29.6 Å². The van der Waals surface area contributed by atoms with Crippen LogP contribution in [-0.4, -0.2) is 29.1 Å². The number of carbonyl (C=O) groups excluding carboxylic acids is 1. The van der Waals surface area contributed by atoms with Gasteiger partial charge >= 0.3 is 0 Å². The Balaban J connectivity index is 1.57. The molecule has 23 heavy (non-hydrogen) atoms. The molecule has 0 spiro atoms. The summed E-state index contributed by atoms with van der Waals surface area (Å²) in [7, 11) is 0. The summed E-state index contributed by atoms with van der Waals surface area (Å²) in [5.41, 5.74) is 2.09. The normalized spacial score (nSPS) is 12.4. The quantitative estimate of drug-likeness (QED) is 0.686. The van der Waals surface area contributed by atoms with Crippen molar-refractivity contribution in [2.45, 2.75) is 18.8 Å². The van der Waals surface area contributed by atoms with Gasteiger partial charge in [0, 0.05) is 13.2 Å². The van der Waals surface area contributed by atoms with Crippen molar-refractivity contribution in [1.82, 2.24) is 10.3 Å². The molecule has 0 saturated carbocycles. The van der Waals surface area contributed by atoms with Crippen LogP contribution in [0.4, 0.5) is 0 Å². The number of nitrogens with one attached hydrogen (secondary N) is 1. The molecule has 1 amide bonds. The summed E-state index contributed by atoms with van der Waals surface area (Å²) in [4.78, 5) is 16.6. The number of aliphatic hydroxyl groups excluding tert-OH is 1. The molecule has 3 rings (SSSR count). The Hall–Kier alpha value is -1.76. The number of thiophene rings is 1. The van der Waals surface area contributed by atoms with E-state index in [0.717, 1.165) is 16.6 Å². The highest BCUT2D eigenvalue weighted by molar-refractivity contribution is 7.20. The Morgan fingerprint density at radius 1 is 1.26 bits per heavy atom. The molecule has 6 heteroatoms. The van der Waals surface area contributed by atoms with Crippen LogP contribution in [-0.2, 0) is 0 Å². The largest absolute Gasteiger partial charge is 0.396 e. The van der Waals surface area contributed by atoms with Gasteiger partial charge in [0.25, 0.3) is 5.91 Å². The molecule has 2 heterocycles. The topological polar surface area (TPSA) is 62.2 Å². The first-order valence-electron chi connectivity index (χ1n) is 7.54. The molecule has 0 saturated heterocycles. The summed E-state index contributed by atoms with van der Waals surface area (Å²) < 4.78 is 1.02. The van der Waals surface area contributed by atoms with Gasteiger partial charge in [-0.05, 0) is 53.3 Å². The second-order valence-electron chi connectivity index (χ2n) is 5.30. The molecular weight excluding hydrogens is 328 g/mol. The number of hydrogen-bond donors (Lipinski definition) is 2. The average Bonchev–Trinajstić information content (AvgIpc) is 3.23. The smallest absolute Gasteiger partial charge is 0.280 e. The first kappa shape index (κ1) is 16.1. The van der Waals surface area contributed by atoms with Crippen molar-refractivity contribution in [3.05, 3.63) is 51.7 Å². The number of hydrogen-bond acceptors (Lipinski definition) is 5. The molecule has 2 aromatic heterocycles. The molecule has 0 fully saturated rings. The number of rotatable bonds is 7. The SMILES string of the molecule is O=C(NCC[C@H](CCO)c1ccsc1)c1nc2ccccc2s1. The highest BCUT2D eigenvalue weighted by Crippen LogP contribution is 2.25. The Morgan fingerprint density at radius 3 is 2.87 bits per heavy atom. The molecular formula is C17H18N2O2S2. The fourth-order valence-electron chi connectivity index (χ4n) is 2.55. The van der Waals surface area contributed by atoms with Gasteiger partial charge in [-0.15, -0.1) is 11.3 Å². The van der Waals surface area contributed by atoms with Crippen LogP contribution in [0.3, 0.4) is 0 Å². The Kier molecular flexibility index (Phi) is 5.38. The minimum Gasteiger partial charge on any atom is -0.396 e. The van der Waals surface area contributed by atoms with Gasteiger partial charge in [-0.2, -0.15) is 11.3 Å². The predicted octanol–water partition coefficient (Wildman–Crippen LogP) is 3.64. The van der Waals surface area contributed by atoms with Gasteiger partial charge in [-0.1, -0.05) is 12.1 Å². The molecule has 3 aromatic rings. The molecule has 4 nitrogen and oxygen atoms in total. The van der Waals surface area contributed by atoms with E-state index in [0.29, 0.717) is 18.0 Å². The van der Waals surface area contributed by atoms with Crippen LogP contribution in [0.2, 0.25) is 0 Å². The Bertz CT molecular complexity index is 735. The van der Waals surface area contributed by atoms with Gasteiger partial charge in [0.1, 0.15) is 0 Å². The zero-order chi connectivity index (χ0) is 16.1. The summed E-state index contributed by atoms with van der Waals surface area (Å²) in [5.74, 6) is 0.154. The highest BCUT2D eigenvalue weighted by atomic mass is 32.1. The average molecular weight is 346 g/mol. The van der Waals surface area contributed by atoms with E-state index in [4.69, 9.17) is 0 Å². The molecule has 0 aliphatic heterocycles. The van der Waals surface area contributed by atoms with Crippen LogP contribution in [0.5, 0.6) is 0 Å². The predicted molar refractivity (Wildman–Crippen MR) is 95.3 cm³/mol. The van der Waals surface area contributed by atoms with Crippen molar-refractivity contribution in [2.24, 2.45) is 0 Å². The van der Waals surface area contributed by atoms with Gasteiger partial charge in [0.15, 0.2) is 5.01 Å². The maximum atomic E-state index is 12.2. The number of thiazole rings is 1. The van der Waals surface area contributed by atoms with E-state index in [1.54, 1.807) is 11.3 Å². The third-order valence-electron chi connectivity index (χ3n) is 3.76. The van der Waals surface area contributed by atoms with E-state index in [-0.39, 0.29) is 18.4 Å². The molecule has 120 valence electrons. The van der Waals surface area contributed by atoms with Gasteiger partial charge in [0.2, 0.25) is 0 Å². The maximum absolute atomic E-state index is 12.2. The Labute approximate surface area is 142 Å². The minimum absolute atomic E-state index is 0.126. The van der Waals surface area contributed by atoms with Gasteiger partial charge in [-0.25, -0.2) is 4.98 Å². The number of aromatic nitrogens is 1. The molecule has 0 unspecified atom stereocenters. The Morgan fingerprint density at radius 2 is 2.13 bits per heavy atom. The standard InChI is InChI=1S/C17H18N2O2S2/c20-9-6-12(13-7-10-22-11-13)5-8-18-16(21)17-19-14-3-1-2-4-15(14)23-17/h1-4,7,10-12,20H,5-6,8-9H2,(H,18,21)/t12-/m1/s1. The summed E-state index contributed by atoms with van der Waals surface area (Å²) >= 11 is 3.07. The van der Waals surface area contributed by atoms with Crippen molar-refractivity contribution in [3.8, 4) is 0 Å². The second kappa shape index (κ2) is 7.68. The number of amides is 1. The van der Waals surface area contributed by atoms with Crippen molar-refractivity contribution in [2.75, 3.05) is 13.2 Å². The number of benzene rings is 1. The lowest BCUT2D eigenvalue weighted by molar-refractivity contribution is 0.0952. The van der Waals surface area contributed by atoms with Crippen LogP contribution < -0.4 is 5.32 Å². The highest BCUT2D eigenvalue weighted by Gasteiger charge is 2.14. The van der Waals surface area contributed by atoms with Crippen molar-refractivity contribution in [3.63, 3.8) is 0 Å². The number of fused-ring (bicyclic) bond motifs is 1. The lowest BCUT2D eigenvalue weighted by atomic mass is 9.95. The minimum atomic E-state index is -0.126. The zero-order valence-corrected chi connectivity index (χ0v) is 14.2. The third kappa shape index (κ3) is 3.96. The van der Waals surface area contributed by atoms with Gasteiger partial charge in [0.05, 0.1) is 10.2 Å². The molecule has 0 bridgehead atoms. The fourth-order valence-corrected chi connectivity index (χ4v) is 4.17. The van der Waals surface area contributed by atoms with Crippen molar-refractivity contribution >= 4 is 38.8 Å². The molecule has 0 radical (unpaired) electrons. The number of nitrogens with zero attached hydrogens (tertiary/aromatic N) is 1. The van der Waals surface area contributed by atoms with Crippen LogP contribution >= 0.6 is 22.7 Å². The molecule has 1 atom stereocenters. The molecule has 0 aliphatic carbocycles. The van der Waals surface area contributed by atoms with Crippen molar-refractivity contribution in [1.29, 1.82) is 0 Å². The summed E-state index contributed by atoms with van der Waals surface area (Å²) in [6.07, 6.45) is 1.53. The van der Waals surface area contributed by atoms with E-state index in [1.165, 1.54) is 16.9 Å². The maximum Gasteiger partial charge on any atom is 0.280 e. The molecule has 0 aliphatic rings. The number of aliphatic hydroxyl groups is 1. The number of carbonyl (C=O) groups is 1. The van der Waals surface area contributed by atoms with E-state index < -0.39 is 0 Å². The summed E-state index contributed by atoms with van der Waals surface area (Å²) in [6.45, 7) is 0.738. The van der Waals surface area contributed by atoms with E-state index in [2.05, 4.69) is 21.7 Å². The zero-order valence-electron chi connectivity index (χ0n) is 12.6. The van der Waals surface area contributed by atoms with Crippen LogP contribution in [0.1, 0.15) is 34.1 Å². The third-order valence-corrected chi connectivity index (χ3v) is 5.50.